The number of benzene rings is 2. The molecule has 0 aliphatic carbocycles. The summed E-state index contributed by atoms with van der Waals surface area (Å²) in [4.78, 5) is 17.4. The summed E-state index contributed by atoms with van der Waals surface area (Å²) >= 11 is 0. The molecule has 1 aromatic heterocycles. The molecular weight excluding hydrogens is 346 g/mol. The van der Waals surface area contributed by atoms with Gasteiger partial charge in [0.15, 0.2) is 0 Å². The highest BCUT2D eigenvalue weighted by Gasteiger charge is 2.13. The zero-order valence-corrected chi connectivity index (χ0v) is 17.3. The molecule has 0 aliphatic rings. The molecular formula is C24H31N3O. The quantitative estimate of drug-likeness (QED) is 0.497. The molecule has 1 N–H and O–H groups in total. The first-order valence-electron chi connectivity index (χ1n) is 10.4. The van der Waals surface area contributed by atoms with Crippen molar-refractivity contribution < 1.29 is 4.79 Å². The van der Waals surface area contributed by atoms with Crippen LogP contribution in [0, 0.1) is 13.8 Å². The number of unbranched alkanes of at least 4 members (excludes halogenated alkanes) is 4. The van der Waals surface area contributed by atoms with Crippen molar-refractivity contribution in [3.8, 4) is 0 Å². The van der Waals surface area contributed by atoms with Crippen LogP contribution in [0.2, 0.25) is 0 Å². The van der Waals surface area contributed by atoms with E-state index in [1.54, 1.807) is 0 Å². The van der Waals surface area contributed by atoms with Crippen LogP contribution in [0.25, 0.3) is 11.0 Å². The lowest BCUT2D eigenvalue weighted by atomic mass is 10.1. The third kappa shape index (κ3) is 4.80. The van der Waals surface area contributed by atoms with Crippen molar-refractivity contribution in [2.45, 2.75) is 66.0 Å². The first-order valence-corrected chi connectivity index (χ1v) is 10.4. The fraction of sp³-hybridized carbons (Fsp3) is 0.417. The van der Waals surface area contributed by atoms with E-state index in [1.165, 1.54) is 31.2 Å². The van der Waals surface area contributed by atoms with Gasteiger partial charge in [0.05, 0.1) is 17.6 Å². The van der Waals surface area contributed by atoms with E-state index in [-0.39, 0.29) is 5.91 Å². The van der Waals surface area contributed by atoms with Gasteiger partial charge in [0.1, 0.15) is 5.82 Å². The molecule has 0 bridgehead atoms. The number of aromatic nitrogens is 2. The summed E-state index contributed by atoms with van der Waals surface area (Å²) in [6.45, 7) is 7.64. The van der Waals surface area contributed by atoms with Gasteiger partial charge in [0.25, 0.3) is 5.91 Å². The van der Waals surface area contributed by atoms with Gasteiger partial charge in [-0.2, -0.15) is 0 Å². The van der Waals surface area contributed by atoms with E-state index < -0.39 is 0 Å². The molecule has 0 spiro atoms. The summed E-state index contributed by atoms with van der Waals surface area (Å²) in [5.74, 6) is 0.883. The van der Waals surface area contributed by atoms with Crippen molar-refractivity contribution in [2.75, 3.05) is 0 Å². The number of imidazole rings is 1. The predicted octanol–water partition coefficient (Wildman–Crippen LogP) is 5.55. The average Bonchev–Trinajstić information content (AvgIpc) is 3.03. The van der Waals surface area contributed by atoms with Gasteiger partial charge >= 0.3 is 0 Å². The highest BCUT2D eigenvalue weighted by atomic mass is 16.1. The summed E-state index contributed by atoms with van der Waals surface area (Å²) in [6, 6.07) is 14.1. The SMILES string of the molecule is CCCCCCCn1c(CNC(=O)c2ccc(C)cc2C)nc2ccccc21. The molecule has 0 fully saturated rings. The molecule has 28 heavy (non-hydrogen) atoms. The highest BCUT2D eigenvalue weighted by Crippen LogP contribution is 2.18. The Labute approximate surface area is 168 Å². The number of rotatable bonds is 9. The normalized spacial score (nSPS) is 11.1. The van der Waals surface area contributed by atoms with Crippen molar-refractivity contribution in [3.63, 3.8) is 0 Å². The zero-order valence-electron chi connectivity index (χ0n) is 17.3. The Balaban J connectivity index is 1.72. The van der Waals surface area contributed by atoms with Crippen LogP contribution < -0.4 is 5.32 Å². The third-order valence-electron chi connectivity index (χ3n) is 5.25. The molecule has 1 amide bonds. The van der Waals surface area contributed by atoms with Gasteiger partial charge in [-0.15, -0.1) is 0 Å². The van der Waals surface area contributed by atoms with Gasteiger partial charge in [-0.05, 0) is 44.0 Å². The zero-order chi connectivity index (χ0) is 19.9. The predicted molar refractivity (Wildman–Crippen MR) is 116 cm³/mol. The Kier molecular flexibility index (Phi) is 6.85. The number of nitrogens with one attached hydrogen (secondary N) is 1. The standard InChI is InChI=1S/C24H31N3O/c1-4-5-6-7-10-15-27-22-12-9-8-11-21(22)26-23(27)17-25-24(28)20-14-13-18(2)16-19(20)3/h8-9,11-14,16H,4-7,10,15,17H2,1-3H3,(H,25,28). The summed E-state index contributed by atoms with van der Waals surface area (Å²) in [6.07, 6.45) is 6.20. The minimum Gasteiger partial charge on any atom is -0.345 e. The van der Waals surface area contributed by atoms with E-state index in [0.29, 0.717) is 6.54 Å². The lowest BCUT2D eigenvalue weighted by Gasteiger charge is -2.11. The largest absolute Gasteiger partial charge is 0.345 e. The fourth-order valence-corrected chi connectivity index (χ4v) is 3.71. The van der Waals surface area contributed by atoms with Crippen molar-refractivity contribution in [1.82, 2.24) is 14.9 Å². The Hall–Kier alpha value is -2.62. The van der Waals surface area contributed by atoms with Crippen LogP contribution in [0.15, 0.2) is 42.5 Å². The van der Waals surface area contributed by atoms with Crippen molar-refractivity contribution in [2.24, 2.45) is 0 Å². The molecule has 4 nitrogen and oxygen atoms in total. The van der Waals surface area contributed by atoms with Crippen LogP contribution in [-0.4, -0.2) is 15.5 Å². The fourth-order valence-electron chi connectivity index (χ4n) is 3.71. The van der Waals surface area contributed by atoms with E-state index in [4.69, 9.17) is 4.98 Å². The van der Waals surface area contributed by atoms with E-state index in [9.17, 15) is 4.79 Å². The molecule has 3 rings (SSSR count). The van der Waals surface area contributed by atoms with Crippen molar-refractivity contribution >= 4 is 16.9 Å². The third-order valence-corrected chi connectivity index (χ3v) is 5.25. The lowest BCUT2D eigenvalue weighted by molar-refractivity contribution is 0.0949. The molecule has 0 unspecified atom stereocenters. The van der Waals surface area contributed by atoms with E-state index in [0.717, 1.165) is 41.0 Å². The molecule has 0 radical (unpaired) electrons. The number of fused-ring (bicyclic) bond motifs is 1. The smallest absolute Gasteiger partial charge is 0.251 e. The van der Waals surface area contributed by atoms with Crippen LogP contribution in [0.4, 0.5) is 0 Å². The van der Waals surface area contributed by atoms with E-state index in [1.807, 2.05) is 44.2 Å². The first-order chi connectivity index (χ1) is 13.6. The monoisotopic (exact) mass is 377 g/mol. The van der Waals surface area contributed by atoms with Gasteiger partial charge in [-0.1, -0.05) is 62.4 Å². The molecule has 0 saturated heterocycles. The maximum atomic E-state index is 12.7. The number of hydrogen-bond acceptors (Lipinski definition) is 2. The number of para-hydroxylation sites is 2. The molecule has 0 aliphatic heterocycles. The Morgan fingerprint density at radius 3 is 2.61 bits per heavy atom. The van der Waals surface area contributed by atoms with Crippen LogP contribution in [-0.2, 0) is 13.1 Å². The molecule has 4 heteroatoms. The van der Waals surface area contributed by atoms with Gasteiger partial charge in [0, 0.05) is 12.1 Å². The maximum absolute atomic E-state index is 12.7. The molecule has 0 saturated carbocycles. The molecule has 1 heterocycles. The summed E-state index contributed by atoms with van der Waals surface area (Å²) in [5, 5.41) is 3.07. The topological polar surface area (TPSA) is 46.9 Å². The van der Waals surface area contributed by atoms with E-state index >= 15 is 0 Å². The Bertz CT molecular complexity index is 942. The van der Waals surface area contributed by atoms with Gasteiger partial charge < -0.3 is 9.88 Å². The van der Waals surface area contributed by atoms with Gasteiger partial charge in [-0.3, -0.25) is 4.79 Å². The summed E-state index contributed by atoms with van der Waals surface area (Å²) in [5.41, 5.74) is 5.04. The average molecular weight is 378 g/mol. The highest BCUT2D eigenvalue weighted by molar-refractivity contribution is 5.95. The Morgan fingerprint density at radius 1 is 1.04 bits per heavy atom. The van der Waals surface area contributed by atoms with Crippen molar-refractivity contribution in [1.29, 1.82) is 0 Å². The Morgan fingerprint density at radius 2 is 1.82 bits per heavy atom. The number of amides is 1. The maximum Gasteiger partial charge on any atom is 0.251 e. The molecule has 148 valence electrons. The summed E-state index contributed by atoms with van der Waals surface area (Å²) in [7, 11) is 0. The minimum absolute atomic E-state index is 0.0425. The van der Waals surface area contributed by atoms with Crippen LogP contribution in [0.5, 0.6) is 0 Å². The molecule has 0 atom stereocenters. The second kappa shape index (κ2) is 9.54. The van der Waals surface area contributed by atoms with Crippen LogP contribution in [0.1, 0.15) is 66.3 Å². The second-order valence-corrected chi connectivity index (χ2v) is 7.58. The van der Waals surface area contributed by atoms with Crippen molar-refractivity contribution in [3.05, 3.63) is 65.0 Å². The lowest BCUT2D eigenvalue weighted by Crippen LogP contribution is -2.25. The number of aryl methyl sites for hydroxylation is 3. The number of nitrogens with zero attached hydrogens (tertiary/aromatic N) is 2. The van der Waals surface area contributed by atoms with Gasteiger partial charge in [-0.25, -0.2) is 4.98 Å². The van der Waals surface area contributed by atoms with E-state index in [2.05, 4.69) is 28.9 Å². The minimum atomic E-state index is -0.0425. The second-order valence-electron chi connectivity index (χ2n) is 7.58. The molecule has 2 aromatic carbocycles. The number of carbonyl (C=O) groups excluding carboxylic acids is 1. The van der Waals surface area contributed by atoms with Gasteiger partial charge in [0.2, 0.25) is 0 Å². The van der Waals surface area contributed by atoms with Crippen LogP contribution >= 0.6 is 0 Å². The first kappa shape index (κ1) is 20.1. The molecule has 3 aromatic rings. The number of hydrogen-bond donors (Lipinski definition) is 1. The number of carbonyl (C=O) groups is 1. The van der Waals surface area contributed by atoms with Crippen LogP contribution in [0.3, 0.4) is 0 Å². The summed E-state index contributed by atoms with van der Waals surface area (Å²) < 4.78 is 2.27.